The van der Waals surface area contributed by atoms with E-state index < -0.39 is 10.0 Å². The first-order chi connectivity index (χ1) is 17.6. The lowest BCUT2D eigenvalue weighted by Crippen LogP contribution is -2.49. The van der Waals surface area contributed by atoms with E-state index in [1.165, 1.54) is 18.9 Å². The highest BCUT2D eigenvalue weighted by Gasteiger charge is 2.40. The summed E-state index contributed by atoms with van der Waals surface area (Å²) in [4.78, 5) is 11.1. The van der Waals surface area contributed by atoms with Crippen molar-refractivity contribution in [1.82, 2.24) is 14.9 Å². The number of sulfonamides is 1. The quantitative estimate of drug-likeness (QED) is 0.462. The molecule has 196 valence electrons. The van der Waals surface area contributed by atoms with Gasteiger partial charge in [-0.25, -0.2) is 18.1 Å². The van der Waals surface area contributed by atoms with E-state index in [9.17, 15) is 13.5 Å². The molecule has 0 radical (unpaired) electrons. The van der Waals surface area contributed by atoms with Gasteiger partial charge in [-0.15, -0.1) is 0 Å². The third-order valence-electron chi connectivity index (χ3n) is 8.22. The first kappa shape index (κ1) is 25.7. The molecular formula is C29H36N4O3S. The Morgan fingerprint density at radius 2 is 1.76 bits per heavy atom. The lowest BCUT2D eigenvalue weighted by Gasteiger charge is -2.48. The molecule has 5 rings (SSSR count). The molecule has 4 unspecified atom stereocenters. The van der Waals surface area contributed by atoms with Gasteiger partial charge >= 0.3 is 0 Å². The third-order valence-corrected chi connectivity index (χ3v) is 9.55. The van der Waals surface area contributed by atoms with Gasteiger partial charge in [0, 0.05) is 17.7 Å². The Labute approximate surface area is 220 Å². The van der Waals surface area contributed by atoms with Crippen LogP contribution in [0.5, 0.6) is 5.88 Å². The summed E-state index contributed by atoms with van der Waals surface area (Å²) in [5.41, 5.74) is 4.34. The first-order valence-corrected chi connectivity index (χ1v) is 14.6. The number of anilines is 1. The number of fused-ring (bicyclic) bond motifs is 1. The minimum atomic E-state index is -3.95. The number of piperidine rings is 1. The van der Waals surface area contributed by atoms with Crippen LogP contribution in [-0.2, 0) is 10.0 Å². The van der Waals surface area contributed by atoms with E-state index in [1.807, 2.05) is 44.2 Å². The second kappa shape index (κ2) is 10.1. The molecule has 2 fully saturated rings. The number of hydrogen-bond donors (Lipinski definition) is 2. The summed E-state index contributed by atoms with van der Waals surface area (Å²) in [6.07, 6.45) is 4.61. The fraction of sp³-hybridized carbons (Fsp3) is 0.448. The summed E-state index contributed by atoms with van der Waals surface area (Å²) in [5, 5.41) is 10.3. The van der Waals surface area contributed by atoms with Gasteiger partial charge in [0.1, 0.15) is 0 Å². The predicted molar refractivity (Wildman–Crippen MR) is 146 cm³/mol. The number of benzene rings is 2. The van der Waals surface area contributed by atoms with Crippen molar-refractivity contribution >= 4 is 16.0 Å². The lowest BCUT2D eigenvalue weighted by atomic mass is 9.67. The number of aromatic hydroxyl groups is 1. The van der Waals surface area contributed by atoms with E-state index in [2.05, 4.69) is 33.6 Å². The maximum absolute atomic E-state index is 13.4. The van der Waals surface area contributed by atoms with Gasteiger partial charge in [0.25, 0.3) is 10.0 Å². The molecule has 0 spiro atoms. The molecule has 0 bridgehead atoms. The number of nitrogens with zero attached hydrogens (tertiary/aromatic N) is 3. The van der Waals surface area contributed by atoms with Crippen molar-refractivity contribution in [2.45, 2.75) is 63.3 Å². The molecule has 2 heterocycles. The molecule has 37 heavy (non-hydrogen) atoms. The Balaban J connectivity index is 1.40. The molecule has 1 aliphatic carbocycles. The topological polar surface area (TPSA) is 95.4 Å². The van der Waals surface area contributed by atoms with Crippen LogP contribution in [0.15, 0.2) is 53.4 Å². The highest BCUT2D eigenvalue weighted by atomic mass is 32.2. The molecule has 4 atom stereocenters. The Morgan fingerprint density at radius 3 is 2.51 bits per heavy atom. The van der Waals surface area contributed by atoms with Gasteiger partial charge in [0.2, 0.25) is 11.8 Å². The monoisotopic (exact) mass is 520 g/mol. The Hall–Kier alpha value is -2.97. The second-order valence-corrected chi connectivity index (χ2v) is 12.6. The van der Waals surface area contributed by atoms with Crippen LogP contribution in [0.1, 0.15) is 55.2 Å². The van der Waals surface area contributed by atoms with E-state index in [0.29, 0.717) is 29.5 Å². The molecule has 8 heteroatoms. The number of hydrogen-bond acceptors (Lipinski definition) is 6. The van der Waals surface area contributed by atoms with Crippen LogP contribution in [0, 0.1) is 25.7 Å². The predicted octanol–water partition coefficient (Wildman–Crippen LogP) is 5.49. The van der Waals surface area contributed by atoms with Gasteiger partial charge in [-0.3, -0.25) is 0 Å². The summed E-state index contributed by atoms with van der Waals surface area (Å²) < 4.78 is 29.3. The average Bonchev–Trinajstić information content (AvgIpc) is 2.83. The van der Waals surface area contributed by atoms with Crippen molar-refractivity contribution in [3.05, 3.63) is 65.2 Å². The fourth-order valence-corrected chi connectivity index (χ4v) is 7.70. The highest BCUT2D eigenvalue weighted by Crippen LogP contribution is 2.45. The molecule has 1 aromatic heterocycles. The van der Waals surface area contributed by atoms with Crippen molar-refractivity contribution in [3.8, 4) is 17.1 Å². The van der Waals surface area contributed by atoms with E-state index in [4.69, 9.17) is 0 Å². The van der Waals surface area contributed by atoms with Crippen LogP contribution < -0.4 is 4.72 Å². The maximum Gasteiger partial charge on any atom is 0.264 e. The first-order valence-electron chi connectivity index (χ1n) is 13.1. The molecule has 1 saturated heterocycles. The molecule has 1 saturated carbocycles. The summed E-state index contributed by atoms with van der Waals surface area (Å²) in [5.74, 6) is 1.11. The molecule has 2 N–H and O–H groups in total. The molecule has 3 aromatic rings. The molecule has 2 aliphatic rings. The molecule has 2 aromatic carbocycles. The zero-order valence-corrected chi connectivity index (χ0v) is 22.8. The minimum Gasteiger partial charge on any atom is -0.493 e. The summed E-state index contributed by atoms with van der Waals surface area (Å²) in [6, 6.07) is 15.2. The summed E-state index contributed by atoms with van der Waals surface area (Å²) in [7, 11) is -1.71. The Kier molecular flexibility index (Phi) is 6.98. The average molecular weight is 521 g/mol. The van der Waals surface area contributed by atoms with Gasteiger partial charge in [-0.05, 0) is 99.7 Å². The van der Waals surface area contributed by atoms with E-state index in [1.54, 1.807) is 12.1 Å². The SMILES string of the molecule is Cc1cccc(C)c1-c1cc(O)nc(NS(=O)(=O)c2cccc(C3CC(C)C4C(CCCN4C)C3)c2)n1. The second-order valence-electron chi connectivity index (χ2n) is 10.9. The summed E-state index contributed by atoms with van der Waals surface area (Å²) in [6.45, 7) is 7.41. The van der Waals surface area contributed by atoms with Crippen molar-refractivity contribution in [2.24, 2.45) is 11.8 Å². The van der Waals surface area contributed by atoms with Crippen LogP contribution in [0.4, 0.5) is 5.95 Å². The van der Waals surface area contributed by atoms with Crippen molar-refractivity contribution in [2.75, 3.05) is 18.3 Å². The van der Waals surface area contributed by atoms with Gasteiger partial charge < -0.3 is 10.0 Å². The van der Waals surface area contributed by atoms with Crippen LogP contribution in [0.2, 0.25) is 0 Å². The standard InChI is InChI=1S/C29H36N4O3S/c1-18-8-5-9-19(2)27(18)25-17-26(34)31-29(30-25)32-37(35,36)24-12-6-10-21(16-24)23-14-20(3)28-22(15-23)11-7-13-33(28)4/h5-6,8-10,12,16-17,20,22-23,28H,7,11,13-15H2,1-4H3,(H2,30,31,32,34). The third kappa shape index (κ3) is 5.22. The largest absolute Gasteiger partial charge is 0.493 e. The van der Waals surface area contributed by atoms with Crippen LogP contribution in [0.25, 0.3) is 11.3 Å². The zero-order chi connectivity index (χ0) is 26.3. The van der Waals surface area contributed by atoms with Crippen molar-refractivity contribution < 1.29 is 13.5 Å². The number of likely N-dealkylation sites (tertiary alicyclic amines) is 1. The molecule has 1 aliphatic heterocycles. The normalized spacial score (nSPS) is 24.4. The zero-order valence-electron chi connectivity index (χ0n) is 22.0. The lowest BCUT2D eigenvalue weighted by molar-refractivity contribution is 0.0361. The van der Waals surface area contributed by atoms with Crippen LogP contribution in [-0.4, -0.2) is 48.0 Å². The minimum absolute atomic E-state index is 0.151. The maximum atomic E-state index is 13.4. The van der Waals surface area contributed by atoms with Gasteiger partial charge in [0.15, 0.2) is 0 Å². The molecule has 0 amide bonds. The van der Waals surface area contributed by atoms with Crippen molar-refractivity contribution in [3.63, 3.8) is 0 Å². The number of nitrogens with one attached hydrogen (secondary N) is 1. The fourth-order valence-electron chi connectivity index (χ4n) is 6.70. The van der Waals surface area contributed by atoms with Gasteiger partial charge in [-0.1, -0.05) is 37.3 Å². The van der Waals surface area contributed by atoms with Crippen molar-refractivity contribution in [1.29, 1.82) is 0 Å². The Morgan fingerprint density at radius 1 is 1.03 bits per heavy atom. The smallest absolute Gasteiger partial charge is 0.264 e. The number of rotatable bonds is 5. The van der Waals surface area contributed by atoms with Gasteiger partial charge in [-0.2, -0.15) is 4.98 Å². The van der Waals surface area contributed by atoms with Gasteiger partial charge in [0.05, 0.1) is 10.6 Å². The summed E-state index contributed by atoms with van der Waals surface area (Å²) >= 11 is 0. The van der Waals surface area contributed by atoms with Crippen LogP contribution >= 0.6 is 0 Å². The molecular weight excluding hydrogens is 484 g/mol. The van der Waals surface area contributed by atoms with E-state index in [-0.39, 0.29) is 16.7 Å². The van der Waals surface area contributed by atoms with Crippen LogP contribution in [0.3, 0.4) is 0 Å². The number of aromatic nitrogens is 2. The highest BCUT2D eigenvalue weighted by molar-refractivity contribution is 7.92. The molecule has 7 nitrogen and oxygen atoms in total. The van der Waals surface area contributed by atoms with E-state index in [0.717, 1.165) is 41.6 Å². The number of aryl methyl sites for hydroxylation is 2. The Bertz CT molecular complexity index is 1390. The van der Waals surface area contributed by atoms with E-state index >= 15 is 0 Å².